The minimum Gasteiger partial charge on any atom is -0.413 e. The maximum Gasteiger partial charge on any atom is 0.247 e. The molecule has 1 nitrogen and oxygen atoms in total. The van der Waals surface area contributed by atoms with E-state index in [0.29, 0.717) is 12.0 Å². The lowest BCUT2D eigenvalue weighted by atomic mass is 9.90. The van der Waals surface area contributed by atoms with Gasteiger partial charge in [-0.1, -0.05) is 26.3 Å². The zero-order valence-corrected chi connectivity index (χ0v) is 12.6. The van der Waals surface area contributed by atoms with Gasteiger partial charge in [0, 0.05) is 6.07 Å². The first-order valence-electron chi connectivity index (χ1n) is 6.85. The second kappa shape index (κ2) is 7.75. The van der Waals surface area contributed by atoms with Crippen molar-refractivity contribution >= 4 is 10.5 Å². The fourth-order valence-electron chi connectivity index (χ4n) is 2.29. The average molecular weight is 283 g/mol. The molecule has 4 heteroatoms. The molecular formula is C15H21F2OSi. The molecule has 1 aromatic rings. The van der Waals surface area contributed by atoms with Crippen LogP contribution >= 0.6 is 0 Å². The SMILES string of the molecule is CCC(CC)(CCCCc1ccc(F)cc1F)O[Si]. The van der Waals surface area contributed by atoms with Gasteiger partial charge < -0.3 is 4.43 Å². The van der Waals surface area contributed by atoms with Crippen LogP contribution in [0.5, 0.6) is 0 Å². The smallest absolute Gasteiger partial charge is 0.247 e. The second-order valence-corrected chi connectivity index (χ2v) is 5.14. The summed E-state index contributed by atoms with van der Waals surface area (Å²) in [6, 6.07) is 3.78. The summed E-state index contributed by atoms with van der Waals surface area (Å²) in [6.07, 6.45) is 5.29. The Morgan fingerprint density at radius 1 is 1.16 bits per heavy atom. The Kier molecular flexibility index (Phi) is 6.65. The van der Waals surface area contributed by atoms with Crippen LogP contribution in [0.15, 0.2) is 18.2 Å². The highest BCUT2D eigenvalue weighted by atomic mass is 28.2. The zero-order valence-electron chi connectivity index (χ0n) is 11.6. The van der Waals surface area contributed by atoms with E-state index in [9.17, 15) is 8.78 Å². The minimum absolute atomic E-state index is 0.127. The summed E-state index contributed by atoms with van der Waals surface area (Å²) in [7, 11) is 3.16. The van der Waals surface area contributed by atoms with Crippen molar-refractivity contribution in [2.75, 3.05) is 0 Å². The summed E-state index contributed by atoms with van der Waals surface area (Å²) in [5, 5.41) is 0. The van der Waals surface area contributed by atoms with Gasteiger partial charge in [0.15, 0.2) is 0 Å². The van der Waals surface area contributed by atoms with E-state index in [-0.39, 0.29) is 5.60 Å². The van der Waals surface area contributed by atoms with Gasteiger partial charge in [-0.25, -0.2) is 8.78 Å². The van der Waals surface area contributed by atoms with Crippen LogP contribution in [-0.4, -0.2) is 16.1 Å². The highest BCUT2D eigenvalue weighted by molar-refractivity contribution is 5.98. The van der Waals surface area contributed by atoms with E-state index in [1.165, 1.54) is 12.1 Å². The Hall–Kier alpha value is -0.743. The van der Waals surface area contributed by atoms with Crippen molar-refractivity contribution in [3.8, 4) is 0 Å². The maximum atomic E-state index is 13.4. The van der Waals surface area contributed by atoms with Crippen LogP contribution in [0, 0.1) is 11.6 Å². The summed E-state index contributed by atoms with van der Waals surface area (Å²) >= 11 is 0. The summed E-state index contributed by atoms with van der Waals surface area (Å²) in [6.45, 7) is 4.20. The minimum atomic E-state index is -0.523. The van der Waals surface area contributed by atoms with E-state index in [0.717, 1.165) is 38.2 Å². The molecule has 1 aromatic carbocycles. The molecule has 0 saturated heterocycles. The predicted octanol–water partition coefficient (Wildman–Crippen LogP) is 4.34. The molecule has 0 unspecified atom stereocenters. The standard InChI is InChI=1S/C15H21F2OSi/c1-3-15(4-2,18-19)10-6-5-7-12-8-9-13(16)11-14(12)17/h8-9,11H,3-7,10H2,1-2H3. The van der Waals surface area contributed by atoms with E-state index in [1.807, 2.05) is 0 Å². The van der Waals surface area contributed by atoms with Crippen LogP contribution < -0.4 is 0 Å². The first-order valence-corrected chi connectivity index (χ1v) is 7.26. The van der Waals surface area contributed by atoms with E-state index >= 15 is 0 Å². The molecule has 0 saturated carbocycles. The lowest BCUT2D eigenvalue weighted by Crippen LogP contribution is -2.30. The van der Waals surface area contributed by atoms with Gasteiger partial charge in [0.05, 0.1) is 5.60 Å². The van der Waals surface area contributed by atoms with Gasteiger partial charge in [-0.15, -0.1) is 0 Å². The predicted molar refractivity (Wildman–Crippen MR) is 74.1 cm³/mol. The van der Waals surface area contributed by atoms with E-state index < -0.39 is 11.6 Å². The third kappa shape index (κ3) is 4.69. The number of aryl methyl sites for hydroxylation is 1. The number of rotatable bonds is 8. The molecule has 3 radical (unpaired) electrons. The van der Waals surface area contributed by atoms with Gasteiger partial charge in [0.1, 0.15) is 11.6 Å². The fraction of sp³-hybridized carbons (Fsp3) is 0.600. The van der Waals surface area contributed by atoms with Crippen molar-refractivity contribution in [2.45, 2.75) is 58.0 Å². The Labute approximate surface area is 117 Å². The van der Waals surface area contributed by atoms with Crippen LogP contribution in [0.3, 0.4) is 0 Å². The molecule has 0 aromatic heterocycles. The van der Waals surface area contributed by atoms with Gasteiger partial charge in [-0.05, 0) is 43.7 Å². The van der Waals surface area contributed by atoms with Gasteiger partial charge in [-0.3, -0.25) is 0 Å². The van der Waals surface area contributed by atoms with Crippen LogP contribution in [0.2, 0.25) is 0 Å². The van der Waals surface area contributed by atoms with Crippen LogP contribution in [0.1, 0.15) is 51.5 Å². The topological polar surface area (TPSA) is 9.23 Å². The fourth-order valence-corrected chi connectivity index (χ4v) is 2.68. The Morgan fingerprint density at radius 3 is 2.37 bits per heavy atom. The van der Waals surface area contributed by atoms with E-state index in [4.69, 9.17) is 4.43 Å². The third-order valence-electron chi connectivity index (χ3n) is 3.85. The summed E-state index contributed by atoms with van der Waals surface area (Å²) < 4.78 is 31.6. The van der Waals surface area contributed by atoms with E-state index in [2.05, 4.69) is 24.3 Å². The quantitative estimate of drug-likeness (QED) is 0.509. The normalized spacial score (nSPS) is 11.8. The molecule has 0 fully saturated rings. The lowest BCUT2D eigenvalue weighted by Gasteiger charge is -2.30. The lowest BCUT2D eigenvalue weighted by molar-refractivity contribution is 0.0585. The van der Waals surface area contributed by atoms with Gasteiger partial charge >= 0.3 is 0 Å². The van der Waals surface area contributed by atoms with Crippen molar-refractivity contribution < 1.29 is 13.2 Å². The van der Waals surface area contributed by atoms with Crippen molar-refractivity contribution in [3.63, 3.8) is 0 Å². The Morgan fingerprint density at radius 2 is 1.84 bits per heavy atom. The van der Waals surface area contributed by atoms with Gasteiger partial charge in [0.2, 0.25) is 10.5 Å². The molecule has 0 spiro atoms. The van der Waals surface area contributed by atoms with E-state index in [1.54, 1.807) is 0 Å². The van der Waals surface area contributed by atoms with Crippen molar-refractivity contribution in [1.82, 2.24) is 0 Å². The summed E-state index contributed by atoms with van der Waals surface area (Å²) in [5.74, 6) is -0.974. The number of halogens is 2. The van der Waals surface area contributed by atoms with Crippen LogP contribution in [0.25, 0.3) is 0 Å². The molecule has 0 amide bonds. The maximum absolute atomic E-state index is 13.4. The molecule has 19 heavy (non-hydrogen) atoms. The van der Waals surface area contributed by atoms with Crippen molar-refractivity contribution in [3.05, 3.63) is 35.4 Å². The molecule has 105 valence electrons. The largest absolute Gasteiger partial charge is 0.413 e. The monoisotopic (exact) mass is 283 g/mol. The second-order valence-electron chi connectivity index (χ2n) is 4.94. The van der Waals surface area contributed by atoms with Gasteiger partial charge in [0.25, 0.3) is 0 Å². The van der Waals surface area contributed by atoms with Gasteiger partial charge in [-0.2, -0.15) is 0 Å². The zero-order chi connectivity index (χ0) is 14.3. The summed E-state index contributed by atoms with van der Waals surface area (Å²) in [4.78, 5) is 0. The first kappa shape index (κ1) is 16.3. The molecule has 0 atom stereocenters. The number of benzene rings is 1. The Balaban J connectivity index is 2.42. The molecule has 0 aliphatic rings. The number of hydrogen-bond donors (Lipinski definition) is 0. The Bertz CT molecular complexity index is 383. The number of hydrogen-bond acceptors (Lipinski definition) is 1. The third-order valence-corrected chi connectivity index (χ3v) is 4.28. The first-order chi connectivity index (χ1) is 9.06. The van der Waals surface area contributed by atoms with Crippen LogP contribution in [0.4, 0.5) is 8.78 Å². The number of unbranched alkanes of at least 4 members (excludes halogenated alkanes) is 1. The average Bonchev–Trinajstić information content (AvgIpc) is 2.42. The van der Waals surface area contributed by atoms with Crippen molar-refractivity contribution in [1.29, 1.82) is 0 Å². The molecule has 0 heterocycles. The molecule has 1 rings (SSSR count). The molecular weight excluding hydrogens is 262 g/mol. The molecule has 0 bridgehead atoms. The molecule has 0 N–H and O–H groups in total. The van der Waals surface area contributed by atoms with Crippen molar-refractivity contribution in [2.24, 2.45) is 0 Å². The summed E-state index contributed by atoms with van der Waals surface area (Å²) in [5.41, 5.74) is 0.456. The van der Waals surface area contributed by atoms with Crippen LogP contribution in [-0.2, 0) is 10.8 Å². The molecule has 0 aliphatic carbocycles. The highest BCUT2D eigenvalue weighted by Crippen LogP contribution is 2.26. The highest BCUT2D eigenvalue weighted by Gasteiger charge is 2.23. The molecule has 0 aliphatic heterocycles.